The minimum atomic E-state index is -4.39. The second-order valence-electron chi connectivity index (χ2n) is 6.04. The zero-order valence-corrected chi connectivity index (χ0v) is 12.3. The largest absolute Gasteiger partial charge is 0.493 e. The fourth-order valence-electron chi connectivity index (χ4n) is 1.60. The summed E-state index contributed by atoms with van der Waals surface area (Å²) in [5, 5.41) is 3.30. The number of rotatable bonds is 5. The highest BCUT2D eigenvalue weighted by Gasteiger charge is 2.34. The highest BCUT2D eigenvalue weighted by Crippen LogP contribution is 2.35. The number of hydrogen-bond donors (Lipinski definition) is 1. The zero-order chi connectivity index (χ0) is 15.4. The Morgan fingerprint density at radius 1 is 1.15 bits per heavy atom. The Morgan fingerprint density at radius 2 is 1.75 bits per heavy atom. The quantitative estimate of drug-likeness (QED) is 0.881. The third kappa shape index (κ3) is 5.82. The maximum Gasteiger partial charge on any atom is 0.419 e. The van der Waals surface area contributed by atoms with Crippen LogP contribution in [-0.2, 0) is 6.18 Å². The molecule has 2 nitrogen and oxygen atoms in total. The van der Waals surface area contributed by atoms with Gasteiger partial charge in [0.05, 0.1) is 12.2 Å². The van der Waals surface area contributed by atoms with Gasteiger partial charge in [0.1, 0.15) is 5.75 Å². The van der Waals surface area contributed by atoms with Gasteiger partial charge in [-0.2, -0.15) is 13.2 Å². The second-order valence-corrected chi connectivity index (χ2v) is 6.04. The Labute approximate surface area is 118 Å². The maximum absolute atomic E-state index is 12.8. The summed E-state index contributed by atoms with van der Waals surface area (Å²) in [7, 11) is 0. The van der Waals surface area contributed by atoms with Crippen molar-refractivity contribution in [3.8, 4) is 5.75 Å². The van der Waals surface area contributed by atoms with Crippen LogP contribution in [0, 0.1) is 5.92 Å². The molecule has 1 rings (SSSR count). The van der Waals surface area contributed by atoms with Gasteiger partial charge in [-0.05, 0) is 32.9 Å². The van der Waals surface area contributed by atoms with Gasteiger partial charge in [-0.25, -0.2) is 0 Å². The van der Waals surface area contributed by atoms with Gasteiger partial charge < -0.3 is 10.1 Å². The second kappa shape index (κ2) is 6.48. The minimum absolute atomic E-state index is 0.0157. The molecule has 0 aliphatic heterocycles. The third-order valence-corrected chi connectivity index (χ3v) is 2.70. The lowest BCUT2D eigenvalue weighted by Crippen LogP contribution is -2.39. The molecule has 0 bridgehead atoms. The SMILES string of the molecule is CC(CNC(C)(C)C)COc1ccccc1C(F)(F)F. The van der Waals surface area contributed by atoms with Gasteiger partial charge in [-0.15, -0.1) is 0 Å². The molecular weight excluding hydrogens is 267 g/mol. The molecule has 1 atom stereocenters. The Hall–Kier alpha value is -1.23. The number of halogens is 3. The highest BCUT2D eigenvalue weighted by molar-refractivity contribution is 5.35. The van der Waals surface area contributed by atoms with E-state index in [0.717, 1.165) is 6.07 Å². The van der Waals surface area contributed by atoms with Crippen LogP contribution in [-0.4, -0.2) is 18.7 Å². The van der Waals surface area contributed by atoms with Crippen LogP contribution in [0.5, 0.6) is 5.75 Å². The molecular formula is C15H22F3NO. The van der Waals surface area contributed by atoms with Crippen LogP contribution >= 0.6 is 0 Å². The van der Waals surface area contributed by atoms with E-state index < -0.39 is 11.7 Å². The number of benzene rings is 1. The molecule has 0 aliphatic rings. The molecule has 114 valence electrons. The molecule has 0 heterocycles. The van der Waals surface area contributed by atoms with Crippen molar-refractivity contribution in [1.82, 2.24) is 5.32 Å². The fraction of sp³-hybridized carbons (Fsp3) is 0.600. The van der Waals surface area contributed by atoms with Crippen LogP contribution in [0.15, 0.2) is 24.3 Å². The van der Waals surface area contributed by atoms with E-state index in [9.17, 15) is 13.2 Å². The van der Waals surface area contributed by atoms with Gasteiger partial charge in [0.2, 0.25) is 0 Å². The molecule has 0 saturated carbocycles. The smallest absolute Gasteiger partial charge is 0.419 e. The predicted octanol–water partition coefficient (Wildman–Crippen LogP) is 4.11. The minimum Gasteiger partial charge on any atom is -0.493 e. The van der Waals surface area contributed by atoms with Crippen molar-refractivity contribution >= 4 is 0 Å². The van der Waals surface area contributed by atoms with Gasteiger partial charge in [0, 0.05) is 18.0 Å². The standard InChI is InChI=1S/C15H22F3NO/c1-11(9-19-14(2,3)4)10-20-13-8-6-5-7-12(13)15(16,17)18/h5-8,11,19H,9-10H2,1-4H3. The molecule has 0 amide bonds. The number of ether oxygens (including phenoxy) is 1. The van der Waals surface area contributed by atoms with Crippen LogP contribution in [0.3, 0.4) is 0 Å². The number of nitrogens with one attached hydrogen (secondary N) is 1. The van der Waals surface area contributed by atoms with Crippen LogP contribution < -0.4 is 10.1 Å². The summed E-state index contributed by atoms with van der Waals surface area (Å²) < 4.78 is 43.7. The summed E-state index contributed by atoms with van der Waals surface area (Å²) >= 11 is 0. The lowest BCUT2D eigenvalue weighted by molar-refractivity contribution is -0.139. The third-order valence-electron chi connectivity index (χ3n) is 2.70. The molecule has 20 heavy (non-hydrogen) atoms. The highest BCUT2D eigenvalue weighted by atomic mass is 19.4. The molecule has 1 aromatic rings. The lowest BCUT2D eigenvalue weighted by Gasteiger charge is -2.24. The molecule has 0 spiro atoms. The molecule has 0 radical (unpaired) electrons. The van der Waals surface area contributed by atoms with Crippen LogP contribution in [0.1, 0.15) is 33.3 Å². The van der Waals surface area contributed by atoms with Gasteiger partial charge in [0.15, 0.2) is 0 Å². The molecule has 5 heteroatoms. The Bertz CT molecular complexity index is 424. The first-order chi connectivity index (χ1) is 9.09. The summed E-state index contributed by atoms with van der Waals surface area (Å²) in [4.78, 5) is 0. The topological polar surface area (TPSA) is 21.3 Å². The summed E-state index contributed by atoms with van der Waals surface area (Å²) in [5.41, 5.74) is -0.742. The first-order valence-corrected chi connectivity index (χ1v) is 6.63. The average molecular weight is 289 g/mol. The lowest BCUT2D eigenvalue weighted by atomic mass is 10.1. The predicted molar refractivity (Wildman–Crippen MR) is 73.9 cm³/mol. The van der Waals surface area contributed by atoms with Crippen molar-refractivity contribution in [1.29, 1.82) is 0 Å². The maximum atomic E-state index is 12.8. The van der Waals surface area contributed by atoms with E-state index in [1.807, 2.05) is 27.7 Å². The van der Waals surface area contributed by atoms with Gasteiger partial charge in [-0.3, -0.25) is 0 Å². The molecule has 1 N–H and O–H groups in total. The Kier molecular flexibility index (Phi) is 5.45. The number of hydrogen-bond acceptors (Lipinski definition) is 2. The molecule has 0 fully saturated rings. The summed E-state index contributed by atoms with van der Waals surface area (Å²) in [6.45, 7) is 9.00. The van der Waals surface area contributed by atoms with E-state index in [1.54, 1.807) is 6.07 Å². The van der Waals surface area contributed by atoms with Crippen molar-refractivity contribution in [2.45, 2.75) is 39.4 Å². The summed E-state index contributed by atoms with van der Waals surface area (Å²) in [6.07, 6.45) is -4.39. The van der Waals surface area contributed by atoms with Gasteiger partial charge in [0.25, 0.3) is 0 Å². The number of para-hydroxylation sites is 1. The van der Waals surface area contributed by atoms with E-state index in [4.69, 9.17) is 4.74 Å². The summed E-state index contributed by atoms with van der Waals surface area (Å²) in [5.74, 6) is 0.0122. The van der Waals surface area contributed by atoms with Crippen molar-refractivity contribution < 1.29 is 17.9 Å². The van der Waals surface area contributed by atoms with Crippen LogP contribution in [0.25, 0.3) is 0 Å². The van der Waals surface area contributed by atoms with Gasteiger partial charge in [-0.1, -0.05) is 19.1 Å². The van der Waals surface area contributed by atoms with Crippen molar-refractivity contribution in [3.63, 3.8) is 0 Å². The van der Waals surface area contributed by atoms with Crippen LogP contribution in [0.2, 0.25) is 0 Å². The first kappa shape index (κ1) is 16.8. The van der Waals surface area contributed by atoms with Crippen molar-refractivity contribution in [2.75, 3.05) is 13.2 Å². The zero-order valence-electron chi connectivity index (χ0n) is 12.3. The number of alkyl halides is 3. The van der Waals surface area contributed by atoms with E-state index in [1.165, 1.54) is 12.1 Å². The fourth-order valence-corrected chi connectivity index (χ4v) is 1.60. The van der Waals surface area contributed by atoms with Crippen LogP contribution in [0.4, 0.5) is 13.2 Å². The first-order valence-electron chi connectivity index (χ1n) is 6.63. The van der Waals surface area contributed by atoms with E-state index in [-0.39, 0.29) is 23.8 Å². The van der Waals surface area contributed by atoms with E-state index >= 15 is 0 Å². The van der Waals surface area contributed by atoms with Gasteiger partial charge >= 0.3 is 6.18 Å². The molecule has 0 aliphatic carbocycles. The molecule has 0 aromatic heterocycles. The average Bonchev–Trinajstić information content (AvgIpc) is 2.32. The monoisotopic (exact) mass is 289 g/mol. The Balaban J connectivity index is 2.58. The molecule has 1 unspecified atom stereocenters. The Morgan fingerprint density at radius 3 is 2.30 bits per heavy atom. The van der Waals surface area contributed by atoms with E-state index in [0.29, 0.717) is 6.54 Å². The van der Waals surface area contributed by atoms with Crippen molar-refractivity contribution in [3.05, 3.63) is 29.8 Å². The van der Waals surface area contributed by atoms with Crippen molar-refractivity contribution in [2.24, 2.45) is 5.92 Å². The van der Waals surface area contributed by atoms with E-state index in [2.05, 4.69) is 5.32 Å². The molecule has 0 saturated heterocycles. The molecule has 1 aromatic carbocycles. The normalized spacial score (nSPS) is 14.2. The summed E-state index contributed by atoms with van der Waals surface area (Å²) in [6, 6.07) is 5.29.